The standard InChI is InChI=1S/C14H30S10/c15-1-3-19-11-14(10-18)22-6-8-24-23-7-5-20-12-13(9-17)21-4-2-16/h13-18H,1-12H2. The van der Waals surface area contributed by atoms with E-state index in [0.29, 0.717) is 10.5 Å². The minimum absolute atomic E-state index is 0.679. The maximum Gasteiger partial charge on any atom is 0.0226 e. The second kappa shape index (κ2) is 22.8. The maximum absolute atomic E-state index is 4.47. The van der Waals surface area contributed by atoms with Crippen molar-refractivity contribution >= 4 is 119 Å². The molecule has 0 aromatic carbocycles. The summed E-state index contributed by atoms with van der Waals surface area (Å²) >= 11 is 25.6. The van der Waals surface area contributed by atoms with Crippen molar-refractivity contribution in [3.63, 3.8) is 0 Å². The molecule has 0 heterocycles. The predicted octanol–water partition coefficient (Wildman–Crippen LogP) is 5.76. The lowest BCUT2D eigenvalue weighted by Gasteiger charge is -2.13. The van der Waals surface area contributed by atoms with Gasteiger partial charge in [-0.05, 0) is 11.5 Å². The first-order valence-electron chi connectivity index (χ1n) is 7.85. The lowest BCUT2D eigenvalue weighted by molar-refractivity contribution is 1.15. The van der Waals surface area contributed by atoms with E-state index in [0.717, 1.165) is 34.5 Å². The summed E-state index contributed by atoms with van der Waals surface area (Å²) in [6.07, 6.45) is 0. The van der Waals surface area contributed by atoms with Gasteiger partial charge < -0.3 is 0 Å². The van der Waals surface area contributed by atoms with Gasteiger partial charge in [-0.3, -0.25) is 0 Å². The number of hydrogen-bond acceptors (Lipinski definition) is 10. The molecule has 0 bridgehead atoms. The lowest BCUT2D eigenvalue weighted by Crippen LogP contribution is -2.10. The summed E-state index contributed by atoms with van der Waals surface area (Å²) in [7, 11) is 4.04. The molecule has 0 aliphatic heterocycles. The summed E-state index contributed by atoms with van der Waals surface area (Å²) in [6, 6.07) is 0. The number of thiol groups is 4. The van der Waals surface area contributed by atoms with Crippen molar-refractivity contribution in [1.29, 1.82) is 0 Å². The first-order valence-corrected chi connectivity index (χ1v) is 17.3. The van der Waals surface area contributed by atoms with E-state index < -0.39 is 0 Å². The van der Waals surface area contributed by atoms with E-state index in [2.05, 4.69) is 74.0 Å². The van der Waals surface area contributed by atoms with Crippen molar-refractivity contribution in [2.75, 3.05) is 69.0 Å². The monoisotopic (exact) mass is 518 g/mol. The molecule has 24 heavy (non-hydrogen) atoms. The Labute approximate surface area is 196 Å². The molecule has 0 N–H and O–H groups in total. The Morgan fingerprint density at radius 3 is 1.58 bits per heavy atom. The average Bonchev–Trinajstić information content (AvgIpc) is 2.61. The molecule has 0 aromatic rings. The van der Waals surface area contributed by atoms with E-state index >= 15 is 0 Å². The van der Waals surface area contributed by atoms with E-state index in [4.69, 9.17) is 0 Å². The van der Waals surface area contributed by atoms with Gasteiger partial charge in [0.15, 0.2) is 0 Å². The average molecular weight is 519 g/mol. The van der Waals surface area contributed by atoms with Crippen molar-refractivity contribution < 1.29 is 0 Å². The van der Waals surface area contributed by atoms with E-state index in [1.807, 2.05) is 45.1 Å². The van der Waals surface area contributed by atoms with Gasteiger partial charge in [0, 0.05) is 68.0 Å². The van der Waals surface area contributed by atoms with Gasteiger partial charge in [-0.15, -0.1) is 0 Å². The minimum Gasteiger partial charge on any atom is -0.179 e. The second-order valence-electron chi connectivity index (χ2n) is 4.59. The fourth-order valence-electron chi connectivity index (χ4n) is 1.48. The third-order valence-electron chi connectivity index (χ3n) is 2.61. The second-order valence-corrected chi connectivity index (χ2v) is 14.0. The Morgan fingerprint density at radius 2 is 1.04 bits per heavy atom. The normalized spacial score (nSPS) is 14.0. The fraction of sp³-hybridized carbons (Fsp3) is 1.00. The molecule has 0 saturated heterocycles. The smallest absolute Gasteiger partial charge is 0.0226 e. The van der Waals surface area contributed by atoms with Crippen LogP contribution in [0.3, 0.4) is 0 Å². The minimum atomic E-state index is 0.679. The first-order chi connectivity index (χ1) is 11.8. The molecule has 0 saturated carbocycles. The lowest BCUT2D eigenvalue weighted by atomic mass is 10.5. The van der Waals surface area contributed by atoms with E-state index in [1.54, 1.807) is 0 Å². The molecule has 0 spiro atoms. The molecule has 0 nitrogen and oxygen atoms in total. The summed E-state index contributed by atoms with van der Waals surface area (Å²) in [4.78, 5) is 0. The van der Waals surface area contributed by atoms with Gasteiger partial charge in [0.05, 0.1) is 0 Å². The molecular formula is C14H30S10. The molecule has 0 aliphatic rings. The van der Waals surface area contributed by atoms with Crippen LogP contribution in [0.25, 0.3) is 0 Å². The molecule has 2 unspecified atom stereocenters. The van der Waals surface area contributed by atoms with Crippen LogP contribution in [0.4, 0.5) is 0 Å². The predicted molar refractivity (Wildman–Crippen MR) is 147 cm³/mol. The molecule has 0 fully saturated rings. The van der Waals surface area contributed by atoms with E-state index in [-0.39, 0.29) is 0 Å². The quantitative estimate of drug-likeness (QED) is 0.0968. The Bertz CT molecular complexity index is 244. The zero-order valence-electron chi connectivity index (χ0n) is 13.9. The van der Waals surface area contributed by atoms with Gasteiger partial charge in [0.25, 0.3) is 0 Å². The van der Waals surface area contributed by atoms with Crippen LogP contribution >= 0.6 is 119 Å². The molecule has 0 radical (unpaired) electrons. The summed E-state index contributed by atoms with van der Waals surface area (Å²) in [6.45, 7) is 0. The van der Waals surface area contributed by atoms with Crippen molar-refractivity contribution in [3.05, 3.63) is 0 Å². The van der Waals surface area contributed by atoms with Gasteiger partial charge in [-0.1, -0.05) is 21.6 Å². The van der Waals surface area contributed by atoms with Crippen LogP contribution in [0.1, 0.15) is 0 Å². The van der Waals surface area contributed by atoms with Crippen LogP contribution in [0.5, 0.6) is 0 Å². The Hall–Kier alpha value is 3.50. The number of thioether (sulfide) groups is 4. The maximum atomic E-state index is 4.47. The van der Waals surface area contributed by atoms with Crippen molar-refractivity contribution in [2.24, 2.45) is 0 Å². The van der Waals surface area contributed by atoms with Crippen LogP contribution in [0, 0.1) is 0 Å². The van der Waals surface area contributed by atoms with Crippen molar-refractivity contribution in [2.45, 2.75) is 10.5 Å². The van der Waals surface area contributed by atoms with Gasteiger partial charge >= 0.3 is 0 Å². The summed E-state index contributed by atoms with van der Waals surface area (Å²) in [5.74, 6) is 13.6. The zero-order valence-corrected chi connectivity index (χ0v) is 22.4. The molecule has 10 heteroatoms. The van der Waals surface area contributed by atoms with Crippen LogP contribution < -0.4 is 0 Å². The first kappa shape index (κ1) is 27.5. The highest BCUT2D eigenvalue weighted by atomic mass is 33.1. The topological polar surface area (TPSA) is 0 Å². The van der Waals surface area contributed by atoms with Gasteiger partial charge in [-0.25, -0.2) is 0 Å². The van der Waals surface area contributed by atoms with Gasteiger partial charge in [-0.2, -0.15) is 97.6 Å². The molecule has 2 atom stereocenters. The molecule has 0 amide bonds. The number of rotatable bonds is 19. The van der Waals surface area contributed by atoms with Crippen LogP contribution in [0.2, 0.25) is 0 Å². The summed E-state index contributed by atoms with van der Waals surface area (Å²) in [5.41, 5.74) is 0. The van der Waals surface area contributed by atoms with E-state index in [1.165, 1.54) is 34.5 Å². The molecule has 0 rings (SSSR count). The van der Waals surface area contributed by atoms with Crippen LogP contribution in [-0.4, -0.2) is 79.5 Å². The fourth-order valence-corrected chi connectivity index (χ4v) is 10.5. The third kappa shape index (κ3) is 18.8. The van der Waals surface area contributed by atoms with Gasteiger partial charge in [0.2, 0.25) is 0 Å². The summed E-state index contributed by atoms with van der Waals surface area (Å²) < 4.78 is 0. The highest BCUT2D eigenvalue weighted by Gasteiger charge is 2.08. The van der Waals surface area contributed by atoms with Crippen molar-refractivity contribution in [1.82, 2.24) is 0 Å². The Kier molecular flexibility index (Phi) is 26.1. The Morgan fingerprint density at radius 1 is 0.542 bits per heavy atom. The van der Waals surface area contributed by atoms with Crippen LogP contribution in [-0.2, 0) is 0 Å². The third-order valence-corrected chi connectivity index (χ3v) is 13.1. The largest absolute Gasteiger partial charge is 0.179 e. The molecule has 146 valence electrons. The SMILES string of the molecule is SCCSCC(CS)SCCSSCCSCC(CS)SCCS. The summed E-state index contributed by atoms with van der Waals surface area (Å²) in [5, 5.41) is 1.37. The molecular weight excluding hydrogens is 489 g/mol. The van der Waals surface area contributed by atoms with Crippen LogP contribution in [0.15, 0.2) is 0 Å². The van der Waals surface area contributed by atoms with Crippen molar-refractivity contribution in [3.8, 4) is 0 Å². The molecule has 0 aliphatic carbocycles. The highest BCUT2D eigenvalue weighted by Crippen LogP contribution is 2.26. The number of hydrogen-bond donors (Lipinski definition) is 4. The van der Waals surface area contributed by atoms with E-state index in [9.17, 15) is 0 Å². The zero-order chi connectivity index (χ0) is 17.9. The molecule has 0 aromatic heterocycles. The highest BCUT2D eigenvalue weighted by molar-refractivity contribution is 8.76. The Balaban J connectivity index is 3.37. The van der Waals surface area contributed by atoms with Gasteiger partial charge in [0.1, 0.15) is 0 Å².